The van der Waals surface area contributed by atoms with Crippen molar-refractivity contribution in [2.24, 2.45) is 0 Å². The molecule has 1 aromatic heterocycles. The van der Waals surface area contributed by atoms with Crippen molar-refractivity contribution in [3.05, 3.63) is 35.2 Å². The van der Waals surface area contributed by atoms with Crippen LogP contribution in [0.4, 0.5) is 0 Å². The SMILES string of the molecule is Cc1ccc(C=CCCS)c(C)n1. The summed E-state index contributed by atoms with van der Waals surface area (Å²) in [7, 11) is 0. The van der Waals surface area contributed by atoms with E-state index in [0.717, 1.165) is 23.6 Å². The highest BCUT2D eigenvalue weighted by Crippen LogP contribution is 2.08. The van der Waals surface area contributed by atoms with Crippen molar-refractivity contribution in [3.8, 4) is 0 Å². The Kier molecular flexibility index (Phi) is 4.03. The van der Waals surface area contributed by atoms with E-state index in [4.69, 9.17) is 0 Å². The summed E-state index contributed by atoms with van der Waals surface area (Å²) in [6.07, 6.45) is 5.25. The largest absolute Gasteiger partial charge is 0.258 e. The summed E-state index contributed by atoms with van der Waals surface area (Å²) in [5.74, 6) is 0.898. The fraction of sp³-hybridized carbons (Fsp3) is 0.364. The van der Waals surface area contributed by atoms with E-state index >= 15 is 0 Å². The van der Waals surface area contributed by atoms with Gasteiger partial charge in [0.05, 0.1) is 0 Å². The Morgan fingerprint density at radius 2 is 2.15 bits per heavy atom. The van der Waals surface area contributed by atoms with E-state index < -0.39 is 0 Å². The molecule has 0 N–H and O–H groups in total. The van der Waals surface area contributed by atoms with Crippen LogP contribution in [-0.2, 0) is 0 Å². The van der Waals surface area contributed by atoms with Crippen molar-refractivity contribution in [3.63, 3.8) is 0 Å². The molecule has 0 aromatic carbocycles. The lowest BCUT2D eigenvalue weighted by Gasteiger charge is -2.00. The van der Waals surface area contributed by atoms with Crippen LogP contribution in [0.25, 0.3) is 6.08 Å². The van der Waals surface area contributed by atoms with Crippen LogP contribution in [0.1, 0.15) is 23.4 Å². The molecule has 0 unspecified atom stereocenters. The second-order valence-corrected chi connectivity index (χ2v) is 3.49. The van der Waals surface area contributed by atoms with Crippen molar-refractivity contribution < 1.29 is 0 Å². The molecular formula is C11H15NS. The van der Waals surface area contributed by atoms with Crippen molar-refractivity contribution in [1.29, 1.82) is 0 Å². The molecule has 0 atom stereocenters. The van der Waals surface area contributed by atoms with Crippen molar-refractivity contribution in [2.45, 2.75) is 20.3 Å². The molecule has 0 radical (unpaired) electrons. The van der Waals surface area contributed by atoms with Gasteiger partial charge in [0.1, 0.15) is 0 Å². The zero-order valence-corrected chi connectivity index (χ0v) is 9.01. The van der Waals surface area contributed by atoms with Crippen LogP contribution < -0.4 is 0 Å². The number of nitrogens with zero attached hydrogens (tertiary/aromatic N) is 1. The van der Waals surface area contributed by atoms with E-state index in [-0.39, 0.29) is 0 Å². The van der Waals surface area contributed by atoms with Gasteiger partial charge in [-0.3, -0.25) is 4.98 Å². The summed E-state index contributed by atoms with van der Waals surface area (Å²) in [6, 6.07) is 4.14. The van der Waals surface area contributed by atoms with Gasteiger partial charge in [0.15, 0.2) is 0 Å². The number of hydrogen-bond acceptors (Lipinski definition) is 2. The second kappa shape index (κ2) is 5.07. The average molecular weight is 193 g/mol. The van der Waals surface area contributed by atoms with Gasteiger partial charge in [-0.1, -0.05) is 18.2 Å². The molecule has 1 heterocycles. The lowest BCUT2D eigenvalue weighted by atomic mass is 10.1. The van der Waals surface area contributed by atoms with Gasteiger partial charge in [-0.25, -0.2) is 0 Å². The summed E-state index contributed by atoms with van der Waals surface area (Å²) >= 11 is 4.14. The summed E-state index contributed by atoms with van der Waals surface area (Å²) in [5.41, 5.74) is 3.37. The highest BCUT2D eigenvalue weighted by Gasteiger charge is 1.94. The Bertz CT molecular complexity index is 305. The minimum absolute atomic E-state index is 0.898. The zero-order valence-electron chi connectivity index (χ0n) is 8.12. The Hall–Kier alpha value is -0.760. The van der Waals surface area contributed by atoms with Gasteiger partial charge >= 0.3 is 0 Å². The second-order valence-electron chi connectivity index (χ2n) is 3.04. The van der Waals surface area contributed by atoms with Crippen LogP contribution in [-0.4, -0.2) is 10.7 Å². The molecule has 0 saturated heterocycles. The molecule has 0 aliphatic carbocycles. The summed E-state index contributed by atoms with van der Waals surface area (Å²) in [4.78, 5) is 4.38. The van der Waals surface area contributed by atoms with Crippen LogP contribution in [0.5, 0.6) is 0 Å². The minimum Gasteiger partial charge on any atom is -0.258 e. The van der Waals surface area contributed by atoms with Gasteiger partial charge in [-0.05, 0) is 37.7 Å². The van der Waals surface area contributed by atoms with Gasteiger partial charge in [-0.2, -0.15) is 12.6 Å². The van der Waals surface area contributed by atoms with E-state index in [1.165, 1.54) is 5.56 Å². The number of allylic oxidation sites excluding steroid dienone is 1. The van der Waals surface area contributed by atoms with Crippen molar-refractivity contribution >= 4 is 18.7 Å². The van der Waals surface area contributed by atoms with E-state index in [9.17, 15) is 0 Å². The first-order chi connectivity index (χ1) is 6.24. The third-order valence-corrected chi connectivity index (χ3v) is 2.12. The lowest BCUT2D eigenvalue weighted by Crippen LogP contribution is -1.88. The maximum absolute atomic E-state index is 4.38. The van der Waals surface area contributed by atoms with Crippen LogP contribution in [0, 0.1) is 13.8 Å². The number of thiol groups is 1. The first-order valence-electron chi connectivity index (χ1n) is 4.45. The lowest BCUT2D eigenvalue weighted by molar-refractivity contribution is 1.11. The van der Waals surface area contributed by atoms with Crippen molar-refractivity contribution in [2.75, 3.05) is 5.75 Å². The van der Waals surface area contributed by atoms with Gasteiger partial charge < -0.3 is 0 Å². The minimum atomic E-state index is 0.898. The summed E-state index contributed by atoms with van der Waals surface area (Å²) < 4.78 is 0. The van der Waals surface area contributed by atoms with Crippen molar-refractivity contribution in [1.82, 2.24) is 4.98 Å². The topological polar surface area (TPSA) is 12.9 Å². The fourth-order valence-corrected chi connectivity index (χ4v) is 1.31. The Labute approximate surface area is 85.3 Å². The first-order valence-corrected chi connectivity index (χ1v) is 5.09. The zero-order chi connectivity index (χ0) is 9.68. The molecule has 0 amide bonds. The maximum atomic E-state index is 4.38. The Morgan fingerprint density at radius 1 is 1.38 bits per heavy atom. The predicted molar refractivity (Wildman–Crippen MR) is 61.2 cm³/mol. The van der Waals surface area contributed by atoms with Gasteiger partial charge in [0.25, 0.3) is 0 Å². The van der Waals surface area contributed by atoms with Gasteiger partial charge in [0.2, 0.25) is 0 Å². The fourth-order valence-electron chi connectivity index (χ4n) is 1.16. The molecule has 0 bridgehead atoms. The van der Waals surface area contributed by atoms with Crippen LogP contribution >= 0.6 is 12.6 Å². The molecule has 0 spiro atoms. The standard InChI is InChI=1S/C11H15NS/c1-9-6-7-11(10(2)12-9)5-3-4-8-13/h3,5-7,13H,4,8H2,1-2H3. The molecule has 13 heavy (non-hydrogen) atoms. The monoisotopic (exact) mass is 193 g/mol. The number of aromatic nitrogens is 1. The number of rotatable bonds is 3. The highest BCUT2D eigenvalue weighted by molar-refractivity contribution is 7.80. The Morgan fingerprint density at radius 3 is 2.77 bits per heavy atom. The number of aryl methyl sites for hydroxylation is 2. The molecule has 0 saturated carbocycles. The molecule has 1 rings (SSSR count). The molecule has 1 aromatic rings. The van der Waals surface area contributed by atoms with Gasteiger partial charge in [0, 0.05) is 11.4 Å². The molecule has 0 aliphatic rings. The van der Waals surface area contributed by atoms with E-state index in [0.29, 0.717) is 0 Å². The number of pyridine rings is 1. The first kappa shape index (κ1) is 10.3. The smallest absolute Gasteiger partial charge is 0.0447 e. The highest BCUT2D eigenvalue weighted by atomic mass is 32.1. The van der Waals surface area contributed by atoms with Crippen LogP contribution in [0.3, 0.4) is 0 Å². The Balaban J connectivity index is 2.77. The maximum Gasteiger partial charge on any atom is 0.0447 e. The van der Waals surface area contributed by atoms with Crippen LogP contribution in [0.15, 0.2) is 18.2 Å². The quantitative estimate of drug-likeness (QED) is 0.728. The molecule has 70 valence electrons. The van der Waals surface area contributed by atoms with E-state index in [1.54, 1.807) is 0 Å². The van der Waals surface area contributed by atoms with E-state index in [1.807, 2.05) is 19.9 Å². The van der Waals surface area contributed by atoms with Gasteiger partial charge in [-0.15, -0.1) is 0 Å². The van der Waals surface area contributed by atoms with Crippen LogP contribution in [0.2, 0.25) is 0 Å². The molecular weight excluding hydrogens is 178 g/mol. The number of hydrogen-bond donors (Lipinski definition) is 1. The average Bonchev–Trinajstić information content (AvgIpc) is 2.09. The third-order valence-electron chi connectivity index (χ3n) is 1.86. The molecule has 0 fully saturated rings. The van der Waals surface area contributed by atoms with E-state index in [2.05, 4.69) is 35.8 Å². The molecule has 2 heteroatoms. The molecule has 0 aliphatic heterocycles. The summed E-state index contributed by atoms with van der Waals surface area (Å²) in [6.45, 7) is 4.04. The summed E-state index contributed by atoms with van der Waals surface area (Å²) in [5, 5.41) is 0. The predicted octanol–water partition coefficient (Wildman–Crippen LogP) is 3.03. The third kappa shape index (κ3) is 3.23. The molecule has 1 nitrogen and oxygen atoms in total. The normalized spacial score (nSPS) is 11.0.